The van der Waals surface area contributed by atoms with Crippen molar-refractivity contribution in [2.24, 2.45) is 0 Å². The molecule has 6 nitrogen and oxygen atoms in total. The van der Waals surface area contributed by atoms with Gasteiger partial charge in [0.1, 0.15) is 0 Å². The topological polar surface area (TPSA) is 50.6 Å². The number of para-hydroxylation sites is 1. The molecule has 0 radical (unpaired) electrons. The Bertz CT molecular complexity index is 695. The van der Waals surface area contributed by atoms with E-state index >= 15 is 0 Å². The van der Waals surface area contributed by atoms with Gasteiger partial charge in [-0.25, -0.2) is 9.37 Å². The van der Waals surface area contributed by atoms with Gasteiger partial charge in [0, 0.05) is 45.1 Å². The summed E-state index contributed by atoms with van der Waals surface area (Å²) in [6, 6.07) is 6.10. The lowest BCUT2D eigenvalue weighted by molar-refractivity contribution is -0.133. The van der Waals surface area contributed by atoms with Gasteiger partial charge in [0.15, 0.2) is 18.2 Å². The molecular weight excluding hydrogens is 311 g/mol. The molecule has 2 aromatic rings. The number of amides is 1. The summed E-state index contributed by atoms with van der Waals surface area (Å²) >= 11 is 0. The van der Waals surface area contributed by atoms with E-state index in [2.05, 4.69) is 21.4 Å². The summed E-state index contributed by atoms with van der Waals surface area (Å²) in [6.07, 6.45) is 3.74. The standard InChI is InChI=1S/C17H21FN4O2/c1-2-20-8-7-19-17(20)22-11-9-21(10-12-22)16(23)13-24-15-6-4-3-5-14(15)18/h3-8H,2,9-13H2,1H3. The van der Waals surface area contributed by atoms with Crippen LogP contribution in [0, 0.1) is 5.82 Å². The van der Waals surface area contributed by atoms with Crippen molar-refractivity contribution in [3.63, 3.8) is 0 Å². The zero-order valence-corrected chi connectivity index (χ0v) is 13.7. The van der Waals surface area contributed by atoms with Gasteiger partial charge in [0.2, 0.25) is 5.95 Å². The van der Waals surface area contributed by atoms with E-state index in [-0.39, 0.29) is 18.3 Å². The number of imidazole rings is 1. The molecule has 0 spiro atoms. The monoisotopic (exact) mass is 332 g/mol. The molecule has 1 fully saturated rings. The number of carbonyl (C=O) groups is 1. The highest BCUT2D eigenvalue weighted by Crippen LogP contribution is 2.17. The summed E-state index contributed by atoms with van der Waals surface area (Å²) in [5.41, 5.74) is 0. The molecule has 1 amide bonds. The Hall–Kier alpha value is -2.57. The zero-order chi connectivity index (χ0) is 16.9. The summed E-state index contributed by atoms with van der Waals surface area (Å²) in [5, 5.41) is 0. The quantitative estimate of drug-likeness (QED) is 0.837. The van der Waals surface area contributed by atoms with E-state index in [1.54, 1.807) is 23.2 Å². The van der Waals surface area contributed by atoms with Crippen molar-refractivity contribution in [1.82, 2.24) is 14.5 Å². The molecule has 24 heavy (non-hydrogen) atoms. The van der Waals surface area contributed by atoms with Crippen LogP contribution < -0.4 is 9.64 Å². The van der Waals surface area contributed by atoms with Crippen LogP contribution in [0.2, 0.25) is 0 Å². The first-order chi connectivity index (χ1) is 11.7. The third-order valence-corrected chi connectivity index (χ3v) is 4.14. The van der Waals surface area contributed by atoms with E-state index in [4.69, 9.17) is 4.74 Å². The Morgan fingerprint density at radius 2 is 2.00 bits per heavy atom. The number of nitrogens with zero attached hydrogens (tertiary/aromatic N) is 4. The molecule has 2 heterocycles. The summed E-state index contributed by atoms with van der Waals surface area (Å²) in [4.78, 5) is 20.5. The number of ether oxygens (including phenoxy) is 1. The molecule has 128 valence electrons. The maximum absolute atomic E-state index is 13.5. The molecule has 7 heteroatoms. The number of anilines is 1. The smallest absolute Gasteiger partial charge is 0.260 e. The lowest BCUT2D eigenvalue weighted by Crippen LogP contribution is -2.50. The molecule has 3 rings (SSSR count). The first-order valence-electron chi connectivity index (χ1n) is 8.10. The van der Waals surface area contributed by atoms with Crippen molar-refractivity contribution in [3.8, 4) is 5.75 Å². The molecule has 0 N–H and O–H groups in total. The summed E-state index contributed by atoms with van der Waals surface area (Å²) in [6.45, 7) is 5.46. The Labute approximate surface area is 140 Å². The van der Waals surface area contributed by atoms with Gasteiger partial charge in [0.25, 0.3) is 5.91 Å². The van der Waals surface area contributed by atoms with E-state index in [9.17, 15) is 9.18 Å². The van der Waals surface area contributed by atoms with Crippen molar-refractivity contribution in [1.29, 1.82) is 0 Å². The molecule has 1 aromatic carbocycles. The normalized spacial score (nSPS) is 14.8. The van der Waals surface area contributed by atoms with E-state index in [1.807, 2.05) is 6.20 Å². The largest absolute Gasteiger partial charge is 0.481 e. The Balaban J connectivity index is 1.51. The number of hydrogen-bond acceptors (Lipinski definition) is 4. The Morgan fingerprint density at radius 3 is 2.71 bits per heavy atom. The molecule has 1 saturated heterocycles. The molecule has 1 aliphatic heterocycles. The fourth-order valence-electron chi connectivity index (χ4n) is 2.78. The molecule has 0 aliphatic carbocycles. The third kappa shape index (κ3) is 3.50. The van der Waals surface area contributed by atoms with Gasteiger partial charge in [-0.05, 0) is 19.1 Å². The molecule has 0 unspecified atom stereocenters. The van der Waals surface area contributed by atoms with Crippen LogP contribution in [0.25, 0.3) is 0 Å². The predicted molar refractivity (Wildman–Crippen MR) is 88.6 cm³/mol. The molecule has 0 saturated carbocycles. The molecular formula is C17H21FN4O2. The minimum Gasteiger partial charge on any atom is -0.481 e. The lowest BCUT2D eigenvalue weighted by Gasteiger charge is -2.35. The van der Waals surface area contributed by atoms with Gasteiger partial charge >= 0.3 is 0 Å². The molecule has 1 aliphatic rings. The second-order valence-electron chi connectivity index (χ2n) is 5.60. The minimum absolute atomic E-state index is 0.106. The van der Waals surface area contributed by atoms with Gasteiger partial charge in [-0.1, -0.05) is 12.1 Å². The van der Waals surface area contributed by atoms with Gasteiger partial charge in [-0.2, -0.15) is 0 Å². The highest BCUT2D eigenvalue weighted by molar-refractivity contribution is 5.78. The van der Waals surface area contributed by atoms with Crippen molar-refractivity contribution in [3.05, 3.63) is 42.5 Å². The highest BCUT2D eigenvalue weighted by Gasteiger charge is 2.23. The van der Waals surface area contributed by atoms with Crippen molar-refractivity contribution in [2.45, 2.75) is 13.5 Å². The van der Waals surface area contributed by atoms with Crippen LogP contribution in [-0.2, 0) is 11.3 Å². The van der Waals surface area contributed by atoms with E-state index in [1.165, 1.54) is 12.1 Å². The van der Waals surface area contributed by atoms with Gasteiger partial charge in [-0.3, -0.25) is 4.79 Å². The van der Waals surface area contributed by atoms with Crippen LogP contribution in [0.3, 0.4) is 0 Å². The Morgan fingerprint density at radius 1 is 1.25 bits per heavy atom. The fraction of sp³-hybridized carbons (Fsp3) is 0.412. The van der Waals surface area contributed by atoms with Crippen LogP contribution in [0.4, 0.5) is 10.3 Å². The lowest BCUT2D eigenvalue weighted by atomic mass is 10.3. The second-order valence-corrected chi connectivity index (χ2v) is 5.60. The molecule has 1 aromatic heterocycles. The van der Waals surface area contributed by atoms with E-state index in [0.717, 1.165) is 25.6 Å². The van der Waals surface area contributed by atoms with Crippen LogP contribution in [-0.4, -0.2) is 53.1 Å². The van der Waals surface area contributed by atoms with Gasteiger partial charge in [0.05, 0.1) is 0 Å². The summed E-state index contributed by atoms with van der Waals surface area (Å²) < 4.78 is 20.9. The van der Waals surface area contributed by atoms with Crippen molar-refractivity contribution < 1.29 is 13.9 Å². The van der Waals surface area contributed by atoms with Gasteiger partial charge < -0.3 is 19.1 Å². The SMILES string of the molecule is CCn1ccnc1N1CCN(C(=O)COc2ccccc2F)CC1. The number of piperazine rings is 1. The number of rotatable bonds is 5. The van der Waals surface area contributed by atoms with Crippen molar-refractivity contribution >= 4 is 11.9 Å². The maximum Gasteiger partial charge on any atom is 0.260 e. The zero-order valence-electron chi connectivity index (χ0n) is 13.7. The summed E-state index contributed by atoms with van der Waals surface area (Å²) in [5.74, 6) is 0.458. The van der Waals surface area contributed by atoms with Crippen molar-refractivity contribution in [2.75, 3.05) is 37.7 Å². The number of carbonyl (C=O) groups excluding carboxylic acids is 1. The number of halogens is 1. The first-order valence-corrected chi connectivity index (χ1v) is 8.10. The van der Waals surface area contributed by atoms with E-state index in [0.29, 0.717) is 13.1 Å². The maximum atomic E-state index is 13.5. The third-order valence-electron chi connectivity index (χ3n) is 4.14. The van der Waals surface area contributed by atoms with Gasteiger partial charge in [-0.15, -0.1) is 0 Å². The Kier molecular flexibility index (Phi) is 4.98. The van der Waals surface area contributed by atoms with Crippen LogP contribution in [0.1, 0.15) is 6.92 Å². The average molecular weight is 332 g/mol. The first kappa shape index (κ1) is 16.3. The second kappa shape index (κ2) is 7.33. The summed E-state index contributed by atoms with van der Waals surface area (Å²) in [7, 11) is 0. The number of aryl methyl sites for hydroxylation is 1. The molecule has 0 atom stereocenters. The van der Waals surface area contributed by atoms with Crippen LogP contribution in [0.15, 0.2) is 36.7 Å². The predicted octanol–water partition coefficient (Wildman–Crippen LogP) is 1.77. The number of hydrogen-bond donors (Lipinski definition) is 0. The van der Waals surface area contributed by atoms with E-state index < -0.39 is 5.82 Å². The van der Waals surface area contributed by atoms with Crippen LogP contribution in [0.5, 0.6) is 5.75 Å². The average Bonchev–Trinajstić information content (AvgIpc) is 3.09. The van der Waals surface area contributed by atoms with Crippen LogP contribution >= 0.6 is 0 Å². The highest BCUT2D eigenvalue weighted by atomic mass is 19.1. The minimum atomic E-state index is -0.457. The fourth-order valence-corrected chi connectivity index (χ4v) is 2.78. The molecule has 0 bridgehead atoms. The number of aromatic nitrogens is 2. The number of benzene rings is 1.